The molecule has 9 nitrogen and oxygen atoms in total. The number of amides is 2. The Morgan fingerprint density at radius 1 is 1.02 bits per heavy atom. The molecule has 2 amide bonds. The maximum atomic E-state index is 14.4. The summed E-state index contributed by atoms with van der Waals surface area (Å²) < 4.78 is 44.4. The van der Waals surface area contributed by atoms with E-state index in [9.17, 15) is 27.6 Å². The van der Waals surface area contributed by atoms with Gasteiger partial charge in [-0.15, -0.1) is 0 Å². The third kappa shape index (κ3) is 6.00. The van der Waals surface area contributed by atoms with Crippen LogP contribution in [0.1, 0.15) is 69.7 Å². The van der Waals surface area contributed by atoms with E-state index < -0.39 is 24.2 Å². The smallest absolute Gasteiger partial charge is 0.383 e. The Balaban J connectivity index is 1.00. The highest BCUT2D eigenvalue weighted by atomic mass is 19.4. The van der Waals surface area contributed by atoms with Gasteiger partial charge in [0.1, 0.15) is 17.9 Å². The van der Waals surface area contributed by atoms with Crippen molar-refractivity contribution >= 4 is 28.4 Å². The van der Waals surface area contributed by atoms with Crippen LogP contribution in [-0.2, 0) is 9.59 Å². The quantitative estimate of drug-likeness (QED) is 0.422. The summed E-state index contributed by atoms with van der Waals surface area (Å²) in [6.45, 7) is 3.81. The second kappa shape index (κ2) is 11.7. The highest BCUT2D eigenvalue weighted by Crippen LogP contribution is 2.61. The fourth-order valence-electron chi connectivity index (χ4n) is 9.78. The maximum Gasteiger partial charge on any atom is 0.405 e. The lowest BCUT2D eigenvalue weighted by Crippen LogP contribution is -2.60. The van der Waals surface area contributed by atoms with Crippen molar-refractivity contribution in [3.8, 4) is 0 Å². The Morgan fingerprint density at radius 3 is 2.40 bits per heavy atom. The van der Waals surface area contributed by atoms with Crippen molar-refractivity contribution in [2.45, 2.75) is 83.0 Å². The van der Waals surface area contributed by atoms with E-state index in [4.69, 9.17) is 0 Å². The Hall–Kier alpha value is -2.99. The summed E-state index contributed by atoms with van der Waals surface area (Å²) in [5, 5.41) is 5.88. The molecule has 2 aromatic rings. The molecule has 4 saturated carbocycles. The molecule has 0 spiro atoms. The zero-order valence-electron chi connectivity index (χ0n) is 25.9. The number of nitrogens with zero attached hydrogens (tertiary/aromatic N) is 4. The van der Waals surface area contributed by atoms with Crippen molar-refractivity contribution in [2.24, 2.45) is 23.2 Å². The van der Waals surface area contributed by atoms with Crippen LogP contribution in [0, 0.1) is 30.1 Å². The summed E-state index contributed by atoms with van der Waals surface area (Å²) in [6, 6.07) is 2.93. The highest BCUT2D eigenvalue weighted by molar-refractivity contribution is 5.99. The number of halogens is 3. The van der Waals surface area contributed by atoms with Gasteiger partial charge in [0.25, 0.3) is 5.56 Å². The normalized spacial score (nSPS) is 32.3. The Labute approximate surface area is 260 Å². The zero-order valence-corrected chi connectivity index (χ0v) is 25.9. The van der Waals surface area contributed by atoms with Gasteiger partial charge in [-0.05, 0) is 100 Å². The van der Waals surface area contributed by atoms with Gasteiger partial charge in [-0.1, -0.05) is 6.07 Å². The first kappa shape index (κ1) is 30.7. The van der Waals surface area contributed by atoms with Gasteiger partial charge in [0, 0.05) is 44.8 Å². The standard InChI is InChI=1S/C33H43F3N6O3/c1-20-38-25-4-2-3-24(29(25)31(45)42(20)26-5-6-28(43)39-30(26)44)37-8-10-40-11-12-41(27(19-40)33(34,35)36)9-7-32-16-21-13-22(17-32)15-23(14-21)18-32/h2-4,21-23,26-27,37H,5-19H2,1H3,(H,39,43,44). The third-order valence-electron chi connectivity index (χ3n) is 11.4. The molecular formula is C33H43F3N6O3. The summed E-state index contributed by atoms with van der Waals surface area (Å²) >= 11 is 0. The topological polar surface area (TPSA) is 99.6 Å². The Morgan fingerprint density at radius 2 is 1.73 bits per heavy atom. The molecular weight excluding hydrogens is 585 g/mol. The Kier molecular flexibility index (Phi) is 7.95. The van der Waals surface area contributed by atoms with Gasteiger partial charge in [0.15, 0.2) is 0 Å². The molecule has 8 rings (SSSR count). The van der Waals surface area contributed by atoms with Crippen LogP contribution in [0.25, 0.3) is 10.9 Å². The molecule has 12 heteroatoms. The molecule has 1 aromatic carbocycles. The fourth-order valence-corrected chi connectivity index (χ4v) is 9.78. The molecule has 244 valence electrons. The first-order valence-corrected chi connectivity index (χ1v) is 16.6. The molecule has 2 aliphatic heterocycles. The van der Waals surface area contributed by atoms with Crippen LogP contribution in [-0.4, -0.2) is 82.7 Å². The predicted octanol–water partition coefficient (Wildman–Crippen LogP) is 4.25. The summed E-state index contributed by atoms with van der Waals surface area (Å²) in [5.74, 6) is 1.86. The monoisotopic (exact) mass is 628 g/mol. The van der Waals surface area contributed by atoms with Gasteiger partial charge in [0.05, 0.1) is 10.9 Å². The molecule has 6 fully saturated rings. The van der Waals surface area contributed by atoms with Crippen molar-refractivity contribution in [2.75, 3.05) is 44.6 Å². The molecule has 0 radical (unpaired) electrons. The van der Waals surface area contributed by atoms with Crippen LogP contribution < -0.4 is 16.2 Å². The second-order valence-electron chi connectivity index (χ2n) is 14.5. The van der Waals surface area contributed by atoms with Gasteiger partial charge in [-0.25, -0.2) is 4.98 Å². The maximum absolute atomic E-state index is 14.4. The number of carbonyl (C=O) groups is 2. The van der Waals surface area contributed by atoms with Crippen LogP contribution in [0.3, 0.4) is 0 Å². The molecule has 2 saturated heterocycles. The summed E-state index contributed by atoms with van der Waals surface area (Å²) in [7, 11) is 0. The van der Waals surface area contributed by atoms with Gasteiger partial charge < -0.3 is 5.32 Å². The van der Waals surface area contributed by atoms with Crippen LogP contribution in [0.2, 0.25) is 0 Å². The van der Waals surface area contributed by atoms with Crippen molar-refractivity contribution in [3.05, 3.63) is 34.4 Å². The lowest BCUT2D eigenvalue weighted by Gasteiger charge is -2.57. The van der Waals surface area contributed by atoms with Crippen molar-refractivity contribution < 1.29 is 22.8 Å². The first-order chi connectivity index (χ1) is 21.5. The van der Waals surface area contributed by atoms with Gasteiger partial charge in [0.2, 0.25) is 11.8 Å². The van der Waals surface area contributed by atoms with Crippen LogP contribution in [0.4, 0.5) is 18.9 Å². The zero-order chi connectivity index (χ0) is 31.5. The lowest BCUT2D eigenvalue weighted by atomic mass is 9.49. The number of imide groups is 1. The number of aryl methyl sites for hydroxylation is 1. The summed E-state index contributed by atoms with van der Waals surface area (Å²) in [4.78, 5) is 46.0. The molecule has 3 heterocycles. The molecule has 1 aromatic heterocycles. The molecule has 45 heavy (non-hydrogen) atoms. The molecule has 2 unspecified atom stereocenters. The second-order valence-corrected chi connectivity index (χ2v) is 14.5. The number of rotatable bonds is 8. The minimum atomic E-state index is -4.30. The third-order valence-corrected chi connectivity index (χ3v) is 11.4. The number of anilines is 1. The molecule has 2 N–H and O–H groups in total. The number of nitrogens with one attached hydrogen (secondary N) is 2. The van der Waals surface area contributed by atoms with E-state index >= 15 is 0 Å². The first-order valence-electron chi connectivity index (χ1n) is 16.6. The average molecular weight is 629 g/mol. The molecule has 6 aliphatic rings. The predicted molar refractivity (Wildman–Crippen MR) is 164 cm³/mol. The highest BCUT2D eigenvalue weighted by Gasteiger charge is 2.52. The summed E-state index contributed by atoms with van der Waals surface area (Å²) in [5.41, 5.74) is 0.859. The lowest BCUT2D eigenvalue weighted by molar-refractivity contribution is -0.199. The Bertz CT molecular complexity index is 1500. The van der Waals surface area contributed by atoms with Crippen LogP contribution in [0.15, 0.2) is 23.0 Å². The van der Waals surface area contributed by atoms with Crippen molar-refractivity contribution in [1.82, 2.24) is 24.7 Å². The number of piperazine rings is 1. The molecule has 2 atom stereocenters. The minimum Gasteiger partial charge on any atom is -0.383 e. The summed E-state index contributed by atoms with van der Waals surface area (Å²) in [6.07, 6.45) is 4.57. The van der Waals surface area contributed by atoms with Crippen LogP contribution in [0.5, 0.6) is 0 Å². The average Bonchev–Trinajstić information content (AvgIpc) is 2.96. The van der Waals surface area contributed by atoms with Gasteiger partial charge in [-0.3, -0.25) is 34.1 Å². The number of carbonyl (C=O) groups excluding carboxylic acids is 2. The van der Waals surface area contributed by atoms with Gasteiger partial charge in [-0.2, -0.15) is 13.2 Å². The number of benzene rings is 1. The van der Waals surface area contributed by atoms with E-state index in [1.165, 1.54) is 43.1 Å². The van der Waals surface area contributed by atoms with Gasteiger partial charge >= 0.3 is 6.18 Å². The van der Waals surface area contributed by atoms with E-state index in [0.29, 0.717) is 55.1 Å². The minimum absolute atomic E-state index is 0.0648. The SMILES string of the molecule is Cc1nc2cccc(NCCN3CCN(CCC45CC6CC(CC(C6)C4)C5)C(C(F)(F)F)C3)c2c(=O)n1C1CCC(=O)NC1=O. The van der Waals surface area contributed by atoms with Crippen molar-refractivity contribution in [1.29, 1.82) is 0 Å². The number of alkyl halides is 3. The number of fused-ring (bicyclic) bond motifs is 1. The van der Waals surface area contributed by atoms with Crippen molar-refractivity contribution in [3.63, 3.8) is 0 Å². The van der Waals surface area contributed by atoms with E-state index in [0.717, 1.165) is 24.2 Å². The number of hydrogen-bond acceptors (Lipinski definition) is 7. The van der Waals surface area contributed by atoms with Crippen LogP contribution >= 0.6 is 0 Å². The van der Waals surface area contributed by atoms with E-state index in [2.05, 4.69) is 15.6 Å². The van der Waals surface area contributed by atoms with E-state index in [1.807, 2.05) is 4.90 Å². The molecule has 4 aliphatic carbocycles. The van der Waals surface area contributed by atoms with E-state index in [1.54, 1.807) is 30.0 Å². The number of hydrogen-bond donors (Lipinski definition) is 2. The number of piperidine rings is 1. The largest absolute Gasteiger partial charge is 0.405 e. The molecule has 4 bridgehead atoms. The number of aromatic nitrogens is 2. The van der Waals surface area contributed by atoms with E-state index in [-0.39, 0.29) is 36.3 Å². The fraction of sp³-hybridized carbons (Fsp3) is 0.697.